The lowest BCUT2D eigenvalue weighted by Crippen LogP contribution is -2.05. The maximum Gasteiger partial charge on any atom is 0.363 e. The standard InChI is InChI=1S/C25H20N2O6/c1-16-5-3-6-17(13-16)15-32-23-19(7-4-8-22(23)31-2)14-21-25(28)33-24(26-21)18-9-11-20(12-10-18)27(29)30/h3-14H,15H2,1-2H3/b21-14-. The van der Waals surface area contributed by atoms with Gasteiger partial charge in [-0.1, -0.05) is 42.0 Å². The number of nitro groups is 1. The van der Waals surface area contributed by atoms with Gasteiger partial charge in [0, 0.05) is 23.3 Å². The number of carbonyl (C=O) groups excluding carboxylic acids is 1. The summed E-state index contributed by atoms with van der Waals surface area (Å²) in [6.07, 6.45) is 1.56. The molecular formula is C25H20N2O6. The number of ether oxygens (including phenoxy) is 3. The number of cyclic esters (lactones) is 1. The normalized spacial score (nSPS) is 14.1. The third-order valence-electron chi connectivity index (χ3n) is 4.93. The molecule has 0 unspecified atom stereocenters. The number of benzene rings is 3. The van der Waals surface area contributed by atoms with Crippen LogP contribution in [-0.2, 0) is 16.1 Å². The molecule has 0 amide bonds. The molecule has 3 aromatic carbocycles. The number of nitro benzene ring substituents is 1. The number of aliphatic imine (C=N–C) groups is 1. The first kappa shape index (κ1) is 21.8. The van der Waals surface area contributed by atoms with E-state index in [1.807, 2.05) is 31.2 Å². The summed E-state index contributed by atoms with van der Waals surface area (Å²) in [5.41, 5.74) is 3.20. The van der Waals surface area contributed by atoms with E-state index in [-0.39, 0.29) is 17.3 Å². The minimum Gasteiger partial charge on any atom is -0.493 e. The predicted molar refractivity (Wildman–Crippen MR) is 122 cm³/mol. The molecule has 33 heavy (non-hydrogen) atoms. The Hall–Kier alpha value is -4.46. The Kier molecular flexibility index (Phi) is 6.17. The number of nitrogens with zero attached hydrogens (tertiary/aromatic N) is 2. The number of methoxy groups -OCH3 is 1. The second kappa shape index (κ2) is 9.35. The minimum absolute atomic E-state index is 0.0637. The fourth-order valence-corrected chi connectivity index (χ4v) is 3.32. The zero-order valence-electron chi connectivity index (χ0n) is 18.0. The molecule has 3 aromatic rings. The van der Waals surface area contributed by atoms with E-state index in [4.69, 9.17) is 14.2 Å². The molecule has 0 fully saturated rings. The Morgan fingerprint density at radius 3 is 2.55 bits per heavy atom. The number of aryl methyl sites for hydroxylation is 1. The van der Waals surface area contributed by atoms with Gasteiger partial charge < -0.3 is 14.2 Å². The monoisotopic (exact) mass is 444 g/mol. The number of carbonyl (C=O) groups is 1. The van der Waals surface area contributed by atoms with Gasteiger partial charge in [0.2, 0.25) is 5.90 Å². The largest absolute Gasteiger partial charge is 0.493 e. The number of non-ortho nitro benzene ring substituents is 1. The summed E-state index contributed by atoms with van der Waals surface area (Å²) in [6, 6.07) is 18.9. The zero-order valence-corrected chi connectivity index (χ0v) is 18.0. The Balaban J connectivity index is 1.63. The van der Waals surface area contributed by atoms with Crippen LogP contribution in [0.15, 0.2) is 77.4 Å². The number of esters is 1. The van der Waals surface area contributed by atoms with E-state index >= 15 is 0 Å². The lowest BCUT2D eigenvalue weighted by molar-refractivity contribution is -0.384. The highest BCUT2D eigenvalue weighted by Gasteiger charge is 2.25. The summed E-state index contributed by atoms with van der Waals surface area (Å²) < 4.78 is 16.8. The van der Waals surface area contributed by atoms with Crippen molar-refractivity contribution in [1.29, 1.82) is 0 Å². The van der Waals surface area contributed by atoms with E-state index in [2.05, 4.69) is 4.99 Å². The van der Waals surface area contributed by atoms with E-state index in [1.165, 1.54) is 24.3 Å². The summed E-state index contributed by atoms with van der Waals surface area (Å²) in [7, 11) is 1.54. The highest BCUT2D eigenvalue weighted by atomic mass is 16.6. The highest BCUT2D eigenvalue weighted by molar-refractivity contribution is 6.13. The Labute approximate surface area is 189 Å². The smallest absolute Gasteiger partial charge is 0.363 e. The molecule has 8 heteroatoms. The summed E-state index contributed by atoms with van der Waals surface area (Å²) in [4.78, 5) is 27.1. The van der Waals surface area contributed by atoms with Gasteiger partial charge in [0.1, 0.15) is 6.61 Å². The van der Waals surface area contributed by atoms with Crippen LogP contribution in [0.2, 0.25) is 0 Å². The topological polar surface area (TPSA) is 100 Å². The lowest BCUT2D eigenvalue weighted by Gasteiger charge is -2.14. The van der Waals surface area contributed by atoms with Crippen molar-refractivity contribution in [2.75, 3.05) is 7.11 Å². The van der Waals surface area contributed by atoms with Crippen molar-refractivity contribution in [1.82, 2.24) is 0 Å². The Bertz CT molecular complexity index is 1280. The highest BCUT2D eigenvalue weighted by Crippen LogP contribution is 2.34. The molecule has 0 saturated carbocycles. The van der Waals surface area contributed by atoms with Crippen LogP contribution in [0.25, 0.3) is 6.08 Å². The summed E-state index contributed by atoms with van der Waals surface area (Å²) >= 11 is 0. The van der Waals surface area contributed by atoms with Crippen molar-refractivity contribution < 1.29 is 23.9 Å². The maximum atomic E-state index is 12.4. The van der Waals surface area contributed by atoms with E-state index in [0.29, 0.717) is 29.2 Å². The van der Waals surface area contributed by atoms with Crippen molar-refractivity contribution in [3.63, 3.8) is 0 Å². The first-order chi connectivity index (χ1) is 15.9. The number of para-hydroxylation sites is 1. The lowest BCUT2D eigenvalue weighted by atomic mass is 10.1. The molecule has 0 atom stereocenters. The van der Waals surface area contributed by atoms with Gasteiger partial charge in [0.25, 0.3) is 5.69 Å². The number of hydrogen-bond acceptors (Lipinski definition) is 7. The van der Waals surface area contributed by atoms with Crippen molar-refractivity contribution in [3.8, 4) is 11.5 Å². The van der Waals surface area contributed by atoms with Crippen LogP contribution in [0, 0.1) is 17.0 Å². The second-order valence-electron chi connectivity index (χ2n) is 7.30. The van der Waals surface area contributed by atoms with Crippen LogP contribution in [0.1, 0.15) is 22.3 Å². The molecule has 8 nitrogen and oxygen atoms in total. The molecule has 166 valence electrons. The molecule has 1 aliphatic heterocycles. The molecular weight excluding hydrogens is 424 g/mol. The average molecular weight is 444 g/mol. The van der Waals surface area contributed by atoms with Crippen LogP contribution in [0.4, 0.5) is 5.69 Å². The van der Waals surface area contributed by atoms with Gasteiger partial charge in [-0.3, -0.25) is 10.1 Å². The van der Waals surface area contributed by atoms with Crippen LogP contribution < -0.4 is 9.47 Å². The first-order valence-corrected chi connectivity index (χ1v) is 10.1. The fourth-order valence-electron chi connectivity index (χ4n) is 3.32. The summed E-state index contributed by atoms with van der Waals surface area (Å²) in [5, 5.41) is 10.8. The van der Waals surface area contributed by atoms with Crippen LogP contribution in [0.3, 0.4) is 0 Å². The van der Waals surface area contributed by atoms with E-state index < -0.39 is 10.9 Å². The SMILES string of the molecule is COc1cccc(/C=C2\N=C(c3ccc([N+](=O)[O-])cc3)OC2=O)c1OCc1cccc(C)c1. The van der Waals surface area contributed by atoms with Gasteiger partial charge in [-0.25, -0.2) is 9.79 Å². The number of hydrogen-bond donors (Lipinski definition) is 0. The first-order valence-electron chi connectivity index (χ1n) is 10.1. The van der Waals surface area contributed by atoms with E-state index in [1.54, 1.807) is 31.4 Å². The molecule has 1 heterocycles. The van der Waals surface area contributed by atoms with Gasteiger partial charge in [0.15, 0.2) is 17.2 Å². The summed E-state index contributed by atoms with van der Waals surface area (Å²) in [5.74, 6) is 0.436. The van der Waals surface area contributed by atoms with Gasteiger partial charge in [0.05, 0.1) is 12.0 Å². The third kappa shape index (κ3) is 4.90. The Morgan fingerprint density at radius 1 is 1.09 bits per heavy atom. The molecule has 1 aliphatic rings. The molecule has 0 radical (unpaired) electrons. The van der Waals surface area contributed by atoms with Gasteiger partial charge >= 0.3 is 5.97 Å². The second-order valence-corrected chi connectivity index (χ2v) is 7.30. The van der Waals surface area contributed by atoms with Crippen LogP contribution in [0.5, 0.6) is 11.5 Å². The average Bonchev–Trinajstić information content (AvgIpc) is 3.18. The molecule has 0 aliphatic carbocycles. The maximum absolute atomic E-state index is 12.4. The van der Waals surface area contributed by atoms with Gasteiger partial charge in [-0.15, -0.1) is 0 Å². The quantitative estimate of drug-likeness (QED) is 0.224. The van der Waals surface area contributed by atoms with Crippen molar-refractivity contribution >= 4 is 23.6 Å². The molecule has 0 bridgehead atoms. The van der Waals surface area contributed by atoms with Crippen molar-refractivity contribution in [3.05, 3.63) is 105 Å². The minimum atomic E-state index is -0.629. The predicted octanol–water partition coefficient (Wildman–Crippen LogP) is 4.84. The van der Waals surface area contributed by atoms with E-state index in [9.17, 15) is 14.9 Å². The number of rotatable bonds is 7. The summed E-state index contributed by atoms with van der Waals surface area (Å²) in [6.45, 7) is 2.33. The van der Waals surface area contributed by atoms with Gasteiger partial charge in [-0.05, 0) is 36.8 Å². The van der Waals surface area contributed by atoms with E-state index in [0.717, 1.165) is 11.1 Å². The third-order valence-corrected chi connectivity index (χ3v) is 4.93. The van der Waals surface area contributed by atoms with Crippen LogP contribution in [-0.4, -0.2) is 23.9 Å². The van der Waals surface area contributed by atoms with Crippen LogP contribution >= 0.6 is 0 Å². The molecule has 0 saturated heterocycles. The molecule has 0 spiro atoms. The van der Waals surface area contributed by atoms with Gasteiger partial charge in [-0.2, -0.15) is 0 Å². The molecule has 0 aromatic heterocycles. The Morgan fingerprint density at radius 2 is 1.85 bits per heavy atom. The molecule has 0 N–H and O–H groups in total. The van der Waals surface area contributed by atoms with Crippen molar-refractivity contribution in [2.45, 2.75) is 13.5 Å². The fraction of sp³-hybridized carbons (Fsp3) is 0.120. The zero-order chi connectivity index (χ0) is 23.4. The molecule has 4 rings (SSSR count). The van der Waals surface area contributed by atoms with Crippen molar-refractivity contribution in [2.24, 2.45) is 4.99 Å².